The van der Waals surface area contributed by atoms with E-state index < -0.39 is 0 Å². The number of halogens is 1. The second-order valence-electron chi connectivity index (χ2n) is 4.19. The summed E-state index contributed by atoms with van der Waals surface area (Å²) in [6.45, 7) is 5.95. The van der Waals surface area contributed by atoms with Crippen LogP contribution in [0, 0.1) is 6.92 Å². The van der Waals surface area contributed by atoms with Crippen molar-refractivity contribution in [1.82, 2.24) is 10.3 Å². The first-order chi connectivity index (χ1) is 7.50. The number of nitrogens with zero attached hydrogens (tertiary/aromatic N) is 1. The van der Waals surface area contributed by atoms with Crippen LogP contribution in [0.3, 0.4) is 0 Å². The van der Waals surface area contributed by atoms with Crippen molar-refractivity contribution >= 4 is 21.8 Å². The molecule has 0 aromatic carbocycles. The molecule has 0 aliphatic carbocycles. The zero-order chi connectivity index (χ0) is 12.2. The zero-order valence-corrected chi connectivity index (χ0v) is 11.5. The number of aromatic nitrogens is 1. The van der Waals surface area contributed by atoms with Crippen molar-refractivity contribution in [2.45, 2.75) is 32.7 Å². The summed E-state index contributed by atoms with van der Waals surface area (Å²) < 4.78 is 0. The number of aryl methyl sites for hydroxylation is 1. The van der Waals surface area contributed by atoms with Crippen molar-refractivity contribution < 1.29 is 4.79 Å². The van der Waals surface area contributed by atoms with Gasteiger partial charge >= 0.3 is 0 Å². The van der Waals surface area contributed by atoms with Gasteiger partial charge in [0.2, 0.25) is 0 Å². The van der Waals surface area contributed by atoms with Gasteiger partial charge in [-0.05, 0) is 32.4 Å². The third-order valence-corrected chi connectivity index (χ3v) is 3.89. The second-order valence-corrected chi connectivity index (χ2v) is 4.75. The Morgan fingerprint density at radius 3 is 2.81 bits per heavy atom. The molecule has 16 heavy (non-hydrogen) atoms. The Morgan fingerprint density at radius 2 is 2.31 bits per heavy atom. The maximum atomic E-state index is 12.0. The van der Waals surface area contributed by atoms with Gasteiger partial charge in [0.15, 0.2) is 0 Å². The molecule has 1 unspecified atom stereocenters. The highest BCUT2D eigenvalue weighted by molar-refractivity contribution is 9.09. The number of carbonyl (C=O) groups is 1. The Balaban J connectivity index is 2.80. The van der Waals surface area contributed by atoms with E-state index in [1.165, 1.54) is 0 Å². The van der Waals surface area contributed by atoms with E-state index in [1.54, 1.807) is 18.3 Å². The fourth-order valence-corrected chi connectivity index (χ4v) is 1.79. The highest BCUT2D eigenvalue weighted by Crippen LogP contribution is 2.13. The van der Waals surface area contributed by atoms with Crippen molar-refractivity contribution in [2.24, 2.45) is 0 Å². The molecule has 1 heterocycles. The summed E-state index contributed by atoms with van der Waals surface area (Å²) in [4.78, 5) is 16.0. The summed E-state index contributed by atoms with van der Waals surface area (Å²) in [6.07, 6.45) is 2.54. The largest absolute Gasteiger partial charge is 0.346 e. The molecule has 0 saturated heterocycles. The number of amides is 1. The first-order valence-electron chi connectivity index (χ1n) is 5.32. The highest BCUT2D eigenvalue weighted by atomic mass is 79.9. The first-order valence-corrected chi connectivity index (χ1v) is 6.44. The van der Waals surface area contributed by atoms with E-state index in [-0.39, 0.29) is 11.4 Å². The lowest BCUT2D eigenvalue weighted by Gasteiger charge is -2.27. The molecule has 1 atom stereocenters. The lowest BCUT2D eigenvalue weighted by molar-refractivity contribution is 0.0913. The van der Waals surface area contributed by atoms with E-state index in [1.807, 2.05) is 13.8 Å². The third-order valence-electron chi connectivity index (χ3n) is 2.65. The summed E-state index contributed by atoms with van der Waals surface area (Å²) in [6, 6.07) is 3.52. The normalized spacial score (nSPS) is 14.2. The molecule has 1 N–H and O–H groups in total. The van der Waals surface area contributed by atoms with Gasteiger partial charge in [0.25, 0.3) is 5.91 Å². The van der Waals surface area contributed by atoms with Gasteiger partial charge in [-0.15, -0.1) is 0 Å². The number of carbonyl (C=O) groups excluding carboxylic acids is 1. The highest BCUT2D eigenvalue weighted by Gasteiger charge is 2.23. The maximum Gasteiger partial charge on any atom is 0.251 e. The molecule has 1 amide bonds. The second kappa shape index (κ2) is 5.43. The van der Waals surface area contributed by atoms with E-state index in [0.717, 1.165) is 17.4 Å². The number of nitrogens with one attached hydrogen (secondary N) is 1. The Bertz CT molecular complexity index is 375. The Labute approximate surface area is 105 Å². The Morgan fingerprint density at radius 1 is 1.62 bits per heavy atom. The van der Waals surface area contributed by atoms with Gasteiger partial charge in [0.1, 0.15) is 0 Å². The molecule has 1 aromatic heterocycles. The first kappa shape index (κ1) is 13.2. The number of rotatable bonds is 4. The molecular formula is C12H17BrN2O. The topological polar surface area (TPSA) is 42.0 Å². The smallest absolute Gasteiger partial charge is 0.251 e. The predicted octanol–water partition coefficient (Wildman–Crippen LogP) is 2.68. The molecule has 0 spiro atoms. The van der Waals surface area contributed by atoms with Gasteiger partial charge in [-0.3, -0.25) is 9.78 Å². The van der Waals surface area contributed by atoms with E-state index in [0.29, 0.717) is 5.56 Å². The molecular weight excluding hydrogens is 268 g/mol. The van der Waals surface area contributed by atoms with Gasteiger partial charge in [0.05, 0.1) is 0 Å². The maximum absolute atomic E-state index is 12.0. The fourth-order valence-electron chi connectivity index (χ4n) is 1.25. The van der Waals surface area contributed by atoms with Crippen LogP contribution in [-0.4, -0.2) is 21.8 Å². The van der Waals surface area contributed by atoms with Crippen LogP contribution in [0.5, 0.6) is 0 Å². The quantitative estimate of drug-likeness (QED) is 0.864. The summed E-state index contributed by atoms with van der Waals surface area (Å²) in [7, 11) is 0. The van der Waals surface area contributed by atoms with E-state index in [9.17, 15) is 4.79 Å². The van der Waals surface area contributed by atoms with Gasteiger partial charge in [-0.2, -0.15) is 0 Å². The molecule has 88 valence electrons. The Hall–Kier alpha value is -0.900. The number of hydrogen-bond donors (Lipinski definition) is 1. The molecule has 3 nitrogen and oxygen atoms in total. The van der Waals surface area contributed by atoms with Crippen molar-refractivity contribution in [3.05, 3.63) is 29.6 Å². The standard InChI is InChI=1S/C12H17BrN2O/c1-4-12(3,8-13)15-11(16)10-5-6-14-9(2)7-10/h5-7H,4,8H2,1-3H3,(H,15,16). The van der Waals surface area contributed by atoms with Crippen LogP contribution in [0.1, 0.15) is 36.3 Å². The number of pyridine rings is 1. The number of alkyl halides is 1. The molecule has 0 aliphatic heterocycles. The lowest BCUT2D eigenvalue weighted by atomic mass is 10.0. The van der Waals surface area contributed by atoms with E-state index in [4.69, 9.17) is 0 Å². The van der Waals surface area contributed by atoms with Crippen LogP contribution in [-0.2, 0) is 0 Å². The average Bonchev–Trinajstić information content (AvgIpc) is 2.29. The third kappa shape index (κ3) is 3.30. The SMILES string of the molecule is CCC(C)(CBr)NC(=O)c1ccnc(C)c1. The van der Waals surface area contributed by atoms with E-state index in [2.05, 4.69) is 33.2 Å². The minimum atomic E-state index is -0.200. The van der Waals surface area contributed by atoms with Gasteiger partial charge in [-0.25, -0.2) is 0 Å². The molecule has 0 aliphatic rings. The monoisotopic (exact) mass is 284 g/mol. The van der Waals surface area contributed by atoms with Gasteiger partial charge < -0.3 is 5.32 Å². The van der Waals surface area contributed by atoms with Crippen LogP contribution in [0.25, 0.3) is 0 Å². The van der Waals surface area contributed by atoms with Crippen molar-refractivity contribution in [2.75, 3.05) is 5.33 Å². The van der Waals surface area contributed by atoms with Crippen LogP contribution < -0.4 is 5.32 Å². The van der Waals surface area contributed by atoms with Crippen LogP contribution in [0.4, 0.5) is 0 Å². The molecule has 4 heteroatoms. The molecule has 1 rings (SSSR count). The molecule has 0 radical (unpaired) electrons. The molecule has 1 aromatic rings. The summed E-state index contributed by atoms with van der Waals surface area (Å²) in [5, 5.41) is 3.77. The zero-order valence-electron chi connectivity index (χ0n) is 9.88. The summed E-state index contributed by atoms with van der Waals surface area (Å²) >= 11 is 3.42. The van der Waals surface area contributed by atoms with Gasteiger partial charge in [0, 0.05) is 28.3 Å². The van der Waals surface area contributed by atoms with Crippen molar-refractivity contribution in [3.63, 3.8) is 0 Å². The molecule has 0 saturated carbocycles. The summed E-state index contributed by atoms with van der Waals surface area (Å²) in [5.41, 5.74) is 1.31. The van der Waals surface area contributed by atoms with Crippen LogP contribution in [0.2, 0.25) is 0 Å². The van der Waals surface area contributed by atoms with Crippen molar-refractivity contribution in [1.29, 1.82) is 0 Å². The van der Waals surface area contributed by atoms with Crippen LogP contribution >= 0.6 is 15.9 Å². The predicted molar refractivity (Wildman–Crippen MR) is 68.9 cm³/mol. The number of hydrogen-bond acceptors (Lipinski definition) is 2. The minimum Gasteiger partial charge on any atom is -0.346 e. The van der Waals surface area contributed by atoms with Crippen LogP contribution in [0.15, 0.2) is 18.3 Å². The van der Waals surface area contributed by atoms with Gasteiger partial charge in [-0.1, -0.05) is 22.9 Å². The summed E-state index contributed by atoms with van der Waals surface area (Å²) in [5.74, 6) is -0.0469. The average molecular weight is 285 g/mol. The molecule has 0 bridgehead atoms. The lowest BCUT2D eigenvalue weighted by Crippen LogP contribution is -2.46. The molecule has 0 fully saturated rings. The Kier molecular flexibility index (Phi) is 4.47. The van der Waals surface area contributed by atoms with E-state index >= 15 is 0 Å². The van der Waals surface area contributed by atoms with Crippen molar-refractivity contribution in [3.8, 4) is 0 Å². The minimum absolute atomic E-state index is 0.0469. The fraction of sp³-hybridized carbons (Fsp3) is 0.500.